The molecule has 5 nitrogen and oxygen atoms in total. The average Bonchev–Trinajstić information content (AvgIpc) is 2.91. The lowest BCUT2D eigenvalue weighted by Gasteiger charge is -2.09. The normalized spacial score (nSPS) is 11.1. The summed E-state index contributed by atoms with van der Waals surface area (Å²) in [5, 5.41) is 21.5. The van der Waals surface area contributed by atoms with Crippen LogP contribution in [0.5, 0.6) is 11.5 Å². The highest BCUT2D eigenvalue weighted by Crippen LogP contribution is 2.25. The molecule has 6 rings (SSSR count). The van der Waals surface area contributed by atoms with Crippen LogP contribution in [0.2, 0.25) is 0 Å². The van der Waals surface area contributed by atoms with Crippen molar-refractivity contribution in [1.29, 1.82) is 0 Å². The molecule has 0 aliphatic heterocycles. The van der Waals surface area contributed by atoms with Gasteiger partial charge < -0.3 is 4.74 Å². The van der Waals surface area contributed by atoms with Crippen molar-refractivity contribution in [3.8, 4) is 11.5 Å². The quantitative estimate of drug-likeness (QED) is 0.286. The van der Waals surface area contributed by atoms with E-state index in [9.17, 15) is 0 Å². The van der Waals surface area contributed by atoms with E-state index >= 15 is 0 Å². The minimum Gasteiger partial charge on any atom is -0.457 e. The van der Waals surface area contributed by atoms with Crippen LogP contribution in [0, 0.1) is 0 Å². The van der Waals surface area contributed by atoms with E-state index in [2.05, 4.69) is 68.9 Å². The third-order valence-corrected chi connectivity index (χ3v) is 6.12. The minimum atomic E-state index is 0.723. The number of hydrogen-bond acceptors (Lipinski definition) is 5. The van der Waals surface area contributed by atoms with Gasteiger partial charge in [-0.3, -0.25) is 0 Å². The highest BCUT2D eigenvalue weighted by molar-refractivity contribution is 5.84. The van der Waals surface area contributed by atoms with Gasteiger partial charge >= 0.3 is 0 Å². The monoisotopic (exact) mass is 454 g/mol. The summed E-state index contributed by atoms with van der Waals surface area (Å²) < 4.78 is 6.07. The predicted octanol–water partition coefficient (Wildman–Crippen LogP) is 6.55. The summed E-state index contributed by atoms with van der Waals surface area (Å²) in [6.07, 6.45) is 5.05. The molecular weight excluding hydrogens is 432 g/mol. The molecule has 168 valence electrons. The summed E-state index contributed by atoms with van der Waals surface area (Å²) in [7, 11) is 0. The Kier molecular flexibility index (Phi) is 5.57. The highest BCUT2D eigenvalue weighted by Gasteiger charge is 2.07. The van der Waals surface area contributed by atoms with Crippen molar-refractivity contribution >= 4 is 21.5 Å². The fraction of sp³-hybridized carbons (Fsp3) is 0.0667. The molecule has 35 heavy (non-hydrogen) atoms. The fourth-order valence-electron chi connectivity index (χ4n) is 4.31. The Bertz CT molecular complexity index is 1480. The molecule has 0 radical (unpaired) electrons. The summed E-state index contributed by atoms with van der Waals surface area (Å²) in [4.78, 5) is 0. The molecule has 6 aromatic rings. The van der Waals surface area contributed by atoms with Crippen molar-refractivity contribution < 1.29 is 4.74 Å². The molecule has 0 spiro atoms. The molecule has 0 aliphatic rings. The fourth-order valence-corrected chi connectivity index (χ4v) is 4.31. The third kappa shape index (κ3) is 4.57. The molecule has 5 heteroatoms. The van der Waals surface area contributed by atoms with Gasteiger partial charge in [-0.25, -0.2) is 0 Å². The molecule has 4 aromatic carbocycles. The molecule has 0 fully saturated rings. The smallest absolute Gasteiger partial charge is 0.127 e. The molecule has 0 aliphatic carbocycles. The summed E-state index contributed by atoms with van der Waals surface area (Å²) >= 11 is 0. The Morgan fingerprint density at radius 1 is 0.486 bits per heavy atom. The number of ether oxygens (including phenoxy) is 1. The standard InChI is InChI=1S/C30H22N4O/c1-3-7-27-23(5-1)19-31-33-29(27)17-21-9-13-25(14-10-21)35-26-15-11-22(12-16-26)18-30-28-8-4-2-6-24(28)20-32-34-30/h1-16,19-20H,17-18H2. The van der Waals surface area contributed by atoms with E-state index in [1.54, 1.807) is 12.4 Å². The third-order valence-electron chi connectivity index (χ3n) is 6.12. The van der Waals surface area contributed by atoms with E-state index in [4.69, 9.17) is 4.74 Å². The molecule has 0 N–H and O–H groups in total. The van der Waals surface area contributed by atoms with Crippen LogP contribution < -0.4 is 4.74 Å². The van der Waals surface area contributed by atoms with Crippen LogP contribution in [-0.2, 0) is 12.8 Å². The second-order valence-corrected chi connectivity index (χ2v) is 8.50. The first-order chi connectivity index (χ1) is 17.3. The molecule has 0 saturated heterocycles. The van der Waals surface area contributed by atoms with Gasteiger partial charge in [0.2, 0.25) is 0 Å². The second-order valence-electron chi connectivity index (χ2n) is 8.50. The minimum absolute atomic E-state index is 0.723. The van der Waals surface area contributed by atoms with Crippen LogP contribution in [0.15, 0.2) is 109 Å². The molecule has 2 heterocycles. The molecule has 2 aromatic heterocycles. The van der Waals surface area contributed by atoms with Gasteiger partial charge in [0.1, 0.15) is 11.5 Å². The van der Waals surface area contributed by atoms with Crippen LogP contribution in [0.4, 0.5) is 0 Å². The lowest BCUT2D eigenvalue weighted by Crippen LogP contribution is -1.96. The van der Waals surface area contributed by atoms with Crippen LogP contribution in [0.1, 0.15) is 22.5 Å². The highest BCUT2D eigenvalue weighted by atomic mass is 16.5. The van der Waals surface area contributed by atoms with Crippen molar-refractivity contribution in [2.45, 2.75) is 12.8 Å². The number of benzene rings is 4. The van der Waals surface area contributed by atoms with Gasteiger partial charge in [-0.2, -0.15) is 20.4 Å². The van der Waals surface area contributed by atoms with Crippen LogP contribution in [0.25, 0.3) is 21.5 Å². The molecule has 0 unspecified atom stereocenters. The number of rotatable bonds is 6. The first-order valence-corrected chi connectivity index (χ1v) is 11.6. The Hall–Kier alpha value is -4.64. The van der Waals surface area contributed by atoms with Gasteiger partial charge in [-0.1, -0.05) is 72.8 Å². The molecule has 0 saturated carbocycles. The van der Waals surface area contributed by atoms with Gasteiger partial charge in [-0.15, -0.1) is 0 Å². The molecule has 0 amide bonds. The van der Waals surface area contributed by atoms with Crippen LogP contribution in [-0.4, -0.2) is 20.4 Å². The molecule has 0 bridgehead atoms. The summed E-state index contributed by atoms with van der Waals surface area (Å²) in [5.41, 5.74) is 4.27. The topological polar surface area (TPSA) is 60.8 Å². The van der Waals surface area contributed by atoms with Crippen LogP contribution in [0.3, 0.4) is 0 Å². The Morgan fingerprint density at radius 3 is 1.37 bits per heavy atom. The zero-order valence-electron chi connectivity index (χ0n) is 19.0. The largest absolute Gasteiger partial charge is 0.457 e. The van der Waals surface area contributed by atoms with Gasteiger partial charge in [0.05, 0.1) is 23.8 Å². The first kappa shape index (κ1) is 20.9. The first-order valence-electron chi connectivity index (χ1n) is 11.6. The number of hydrogen-bond donors (Lipinski definition) is 0. The number of fused-ring (bicyclic) bond motifs is 2. The summed E-state index contributed by atoms with van der Waals surface area (Å²) in [6.45, 7) is 0. The predicted molar refractivity (Wildman–Crippen MR) is 138 cm³/mol. The SMILES string of the molecule is c1ccc2c(Cc3ccc(Oc4ccc(Cc5nncc6ccccc56)cc4)cc3)nncc2c1. The van der Waals surface area contributed by atoms with Crippen molar-refractivity contribution in [2.75, 3.05) is 0 Å². The van der Waals surface area contributed by atoms with E-state index in [0.29, 0.717) is 0 Å². The van der Waals surface area contributed by atoms with Crippen LogP contribution >= 0.6 is 0 Å². The van der Waals surface area contributed by atoms with E-state index in [1.165, 1.54) is 0 Å². The van der Waals surface area contributed by atoms with Gasteiger partial charge in [0.15, 0.2) is 0 Å². The second kappa shape index (κ2) is 9.31. The zero-order valence-corrected chi connectivity index (χ0v) is 19.0. The van der Waals surface area contributed by atoms with E-state index in [0.717, 1.165) is 68.4 Å². The molecular formula is C30H22N4O. The maximum atomic E-state index is 6.07. The van der Waals surface area contributed by atoms with Crippen molar-refractivity contribution in [3.05, 3.63) is 132 Å². The van der Waals surface area contributed by atoms with Gasteiger partial charge in [-0.05, 0) is 35.4 Å². The molecule has 0 atom stereocenters. The Morgan fingerprint density at radius 2 is 0.914 bits per heavy atom. The number of aromatic nitrogens is 4. The summed E-state index contributed by atoms with van der Waals surface area (Å²) in [6, 6.07) is 32.7. The lowest BCUT2D eigenvalue weighted by atomic mass is 10.0. The summed E-state index contributed by atoms with van der Waals surface area (Å²) in [5.74, 6) is 1.59. The van der Waals surface area contributed by atoms with E-state index in [-0.39, 0.29) is 0 Å². The van der Waals surface area contributed by atoms with Gasteiger partial charge in [0, 0.05) is 34.4 Å². The lowest BCUT2D eigenvalue weighted by molar-refractivity contribution is 0.482. The van der Waals surface area contributed by atoms with E-state index < -0.39 is 0 Å². The Labute approximate surface area is 203 Å². The van der Waals surface area contributed by atoms with Gasteiger partial charge in [0.25, 0.3) is 0 Å². The Balaban J connectivity index is 1.13. The zero-order chi connectivity index (χ0) is 23.5. The van der Waals surface area contributed by atoms with Crippen molar-refractivity contribution in [1.82, 2.24) is 20.4 Å². The number of nitrogens with zero attached hydrogens (tertiary/aromatic N) is 4. The average molecular weight is 455 g/mol. The maximum absolute atomic E-state index is 6.07. The van der Waals surface area contributed by atoms with E-state index in [1.807, 2.05) is 48.5 Å². The maximum Gasteiger partial charge on any atom is 0.127 e. The van der Waals surface area contributed by atoms with Crippen molar-refractivity contribution in [3.63, 3.8) is 0 Å². The van der Waals surface area contributed by atoms with Crippen molar-refractivity contribution in [2.24, 2.45) is 0 Å².